The summed E-state index contributed by atoms with van der Waals surface area (Å²) in [5.41, 5.74) is 3.39. The highest BCUT2D eigenvalue weighted by Gasteiger charge is 2.29. The first-order valence-corrected chi connectivity index (χ1v) is 4.18. The summed E-state index contributed by atoms with van der Waals surface area (Å²) in [7, 11) is 0. The normalized spacial score (nSPS) is 32.2. The fraction of sp³-hybridized carbons (Fsp3) is 0.875. The predicted octanol–water partition coefficient (Wildman–Crippen LogP) is 1.87. The van der Waals surface area contributed by atoms with Gasteiger partial charge in [-0.05, 0) is 18.3 Å². The molecule has 0 saturated heterocycles. The van der Waals surface area contributed by atoms with Gasteiger partial charge in [-0.1, -0.05) is 13.8 Å². The first-order chi connectivity index (χ1) is 5.61. The molecule has 2 unspecified atom stereocenters. The summed E-state index contributed by atoms with van der Waals surface area (Å²) in [6.45, 7) is 3.86. The van der Waals surface area contributed by atoms with Crippen molar-refractivity contribution in [3.63, 3.8) is 0 Å². The van der Waals surface area contributed by atoms with Crippen molar-refractivity contribution in [2.75, 3.05) is 6.54 Å². The molecular formula is C8H14F2N2. The van der Waals surface area contributed by atoms with Crippen LogP contribution in [0.15, 0.2) is 5.10 Å². The third-order valence-electron chi connectivity index (χ3n) is 2.38. The minimum atomic E-state index is -2.32. The maximum absolute atomic E-state index is 11.6. The molecule has 1 rings (SSSR count). The van der Waals surface area contributed by atoms with Gasteiger partial charge in [0.25, 0.3) is 6.43 Å². The average molecular weight is 176 g/mol. The van der Waals surface area contributed by atoms with Crippen molar-refractivity contribution < 1.29 is 8.78 Å². The van der Waals surface area contributed by atoms with Gasteiger partial charge < -0.3 is 5.43 Å². The number of hydrogen-bond donors (Lipinski definition) is 1. The maximum atomic E-state index is 11.6. The lowest BCUT2D eigenvalue weighted by Crippen LogP contribution is -2.35. The Morgan fingerprint density at radius 2 is 2.25 bits per heavy atom. The van der Waals surface area contributed by atoms with Crippen LogP contribution in [0.25, 0.3) is 0 Å². The molecule has 1 saturated carbocycles. The molecule has 0 aliphatic heterocycles. The van der Waals surface area contributed by atoms with E-state index in [1.54, 1.807) is 0 Å². The number of halogens is 2. The van der Waals surface area contributed by atoms with Crippen LogP contribution in [0.4, 0.5) is 8.78 Å². The zero-order valence-corrected chi connectivity index (χ0v) is 7.35. The molecule has 2 atom stereocenters. The van der Waals surface area contributed by atoms with Crippen molar-refractivity contribution in [2.24, 2.45) is 16.9 Å². The van der Waals surface area contributed by atoms with E-state index in [4.69, 9.17) is 0 Å². The minimum Gasteiger partial charge on any atom is -0.304 e. The molecule has 0 aromatic heterocycles. The molecule has 0 amide bonds. The molecule has 0 bridgehead atoms. The Balaban J connectivity index is 2.21. The average Bonchev–Trinajstić information content (AvgIpc) is 2.02. The summed E-state index contributed by atoms with van der Waals surface area (Å²) in [6, 6.07) is 0. The van der Waals surface area contributed by atoms with Gasteiger partial charge in [0.05, 0.1) is 6.54 Å². The second-order valence-electron chi connectivity index (χ2n) is 3.33. The molecule has 0 spiro atoms. The number of nitrogens with one attached hydrogen (secondary N) is 1. The van der Waals surface area contributed by atoms with Gasteiger partial charge in [-0.25, -0.2) is 8.78 Å². The number of hydrogen-bond acceptors (Lipinski definition) is 2. The summed E-state index contributed by atoms with van der Waals surface area (Å²) in [4.78, 5) is 0. The number of alkyl halides is 2. The summed E-state index contributed by atoms with van der Waals surface area (Å²) < 4.78 is 23.3. The molecule has 0 aromatic rings. The summed E-state index contributed by atoms with van der Waals surface area (Å²) in [5, 5.41) is 3.89. The second kappa shape index (κ2) is 3.83. The Morgan fingerprint density at radius 3 is 2.67 bits per heavy atom. The molecule has 0 radical (unpaired) electrons. The van der Waals surface area contributed by atoms with Crippen LogP contribution in [0, 0.1) is 11.8 Å². The van der Waals surface area contributed by atoms with E-state index in [2.05, 4.69) is 24.4 Å². The van der Waals surface area contributed by atoms with Crippen molar-refractivity contribution in [3.8, 4) is 0 Å². The van der Waals surface area contributed by atoms with E-state index in [9.17, 15) is 8.78 Å². The van der Waals surface area contributed by atoms with Crippen molar-refractivity contribution in [1.82, 2.24) is 5.43 Å². The van der Waals surface area contributed by atoms with Gasteiger partial charge >= 0.3 is 0 Å². The predicted molar refractivity (Wildman–Crippen MR) is 44.4 cm³/mol. The third-order valence-corrected chi connectivity index (χ3v) is 2.38. The highest BCUT2D eigenvalue weighted by molar-refractivity contribution is 5.92. The molecule has 1 aliphatic rings. The van der Waals surface area contributed by atoms with Crippen LogP contribution in [-0.4, -0.2) is 18.7 Å². The van der Waals surface area contributed by atoms with Crippen LogP contribution in [0.3, 0.4) is 0 Å². The highest BCUT2D eigenvalue weighted by Crippen LogP contribution is 2.30. The molecule has 1 aliphatic carbocycles. The molecule has 4 heteroatoms. The number of nitrogens with zero attached hydrogens (tertiary/aromatic N) is 1. The van der Waals surface area contributed by atoms with Crippen molar-refractivity contribution in [1.29, 1.82) is 0 Å². The zero-order chi connectivity index (χ0) is 9.14. The van der Waals surface area contributed by atoms with Crippen LogP contribution < -0.4 is 5.43 Å². The van der Waals surface area contributed by atoms with Gasteiger partial charge in [0.1, 0.15) is 0 Å². The van der Waals surface area contributed by atoms with Gasteiger partial charge in [-0.15, -0.1) is 0 Å². The quantitative estimate of drug-likeness (QED) is 0.652. The Bertz CT molecular complexity index is 180. The van der Waals surface area contributed by atoms with Crippen LogP contribution in [0.5, 0.6) is 0 Å². The van der Waals surface area contributed by atoms with Crippen LogP contribution in [0.1, 0.15) is 20.3 Å². The van der Waals surface area contributed by atoms with E-state index in [-0.39, 0.29) is 6.54 Å². The van der Waals surface area contributed by atoms with Crippen molar-refractivity contribution >= 4 is 5.71 Å². The van der Waals surface area contributed by atoms with Gasteiger partial charge in [-0.3, -0.25) is 0 Å². The standard InChI is InChI=1S/C8H14F2N2/c1-5-3-7(6(5)2)12-11-4-8(9)10/h5-6,8,11H,3-4H2,1-2H3/b12-7+. The third kappa shape index (κ3) is 2.16. The van der Waals surface area contributed by atoms with Crippen LogP contribution in [-0.2, 0) is 0 Å². The molecule has 12 heavy (non-hydrogen) atoms. The molecule has 0 aromatic carbocycles. The Morgan fingerprint density at radius 1 is 1.58 bits per heavy atom. The molecular weight excluding hydrogens is 162 g/mol. The first kappa shape index (κ1) is 9.42. The van der Waals surface area contributed by atoms with Crippen LogP contribution in [0.2, 0.25) is 0 Å². The second-order valence-corrected chi connectivity index (χ2v) is 3.33. The lowest BCUT2D eigenvalue weighted by atomic mass is 9.74. The zero-order valence-electron chi connectivity index (χ0n) is 7.35. The Labute approximate surface area is 71.0 Å². The number of rotatable bonds is 3. The van der Waals surface area contributed by atoms with Gasteiger partial charge in [0.2, 0.25) is 0 Å². The Kier molecular flexibility index (Phi) is 3.00. The first-order valence-electron chi connectivity index (χ1n) is 4.18. The largest absolute Gasteiger partial charge is 0.304 e. The van der Waals surface area contributed by atoms with E-state index < -0.39 is 6.43 Å². The van der Waals surface area contributed by atoms with Gasteiger partial charge in [0, 0.05) is 5.71 Å². The molecule has 2 nitrogen and oxygen atoms in total. The number of hydrazone groups is 1. The van der Waals surface area contributed by atoms with E-state index >= 15 is 0 Å². The topological polar surface area (TPSA) is 24.4 Å². The fourth-order valence-corrected chi connectivity index (χ4v) is 1.22. The van der Waals surface area contributed by atoms with E-state index in [1.165, 1.54) is 0 Å². The summed E-state index contributed by atoms with van der Waals surface area (Å²) in [5.74, 6) is 1.10. The highest BCUT2D eigenvalue weighted by atomic mass is 19.3. The van der Waals surface area contributed by atoms with Crippen LogP contribution >= 0.6 is 0 Å². The van der Waals surface area contributed by atoms with Crippen molar-refractivity contribution in [2.45, 2.75) is 26.7 Å². The minimum absolute atomic E-state index is 0.343. The van der Waals surface area contributed by atoms with Gasteiger partial charge in [0.15, 0.2) is 0 Å². The SMILES string of the molecule is CC1C/C(=N\NCC(F)F)C1C. The lowest BCUT2D eigenvalue weighted by Gasteiger charge is -2.32. The maximum Gasteiger partial charge on any atom is 0.257 e. The van der Waals surface area contributed by atoms with E-state index in [0.717, 1.165) is 12.1 Å². The molecule has 1 N–H and O–H groups in total. The van der Waals surface area contributed by atoms with Gasteiger partial charge in [-0.2, -0.15) is 5.10 Å². The summed E-state index contributed by atoms with van der Waals surface area (Å²) >= 11 is 0. The van der Waals surface area contributed by atoms with E-state index in [1.807, 2.05) is 0 Å². The monoisotopic (exact) mass is 176 g/mol. The fourth-order valence-electron chi connectivity index (χ4n) is 1.22. The smallest absolute Gasteiger partial charge is 0.257 e. The molecule has 70 valence electrons. The summed E-state index contributed by atoms with van der Waals surface area (Å²) in [6.07, 6.45) is -1.38. The lowest BCUT2D eigenvalue weighted by molar-refractivity contribution is 0.146. The van der Waals surface area contributed by atoms with E-state index in [0.29, 0.717) is 11.8 Å². The molecule has 0 heterocycles. The molecule has 1 fully saturated rings. The van der Waals surface area contributed by atoms with Crippen molar-refractivity contribution in [3.05, 3.63) is 0 Å². The Hall–Kier alpha value is -0.670.